The highest BCUT2D eigenvalue weighted by Gasteiger charge is 2.41. The number of nitrogens with zero attached hydrogens (tertiary/aromatic N) is 4. The van der Waals surface area contributed by atoms with Gasteiger partial charge in [0, 0.05) is 11.3 Å². The van der Waals surface area contributed by atoms with Crippen LogP contribution in [-0.2, 0) is 6.54 Å². The van der Waals surface area contributed by atoms with Gasteiger partial charge in [0.1, 0.15) is 0 Å². The molecule has 0 unspecified atom stereocenters. The quantitative estimate of drug-likeness (QED) is 0.854. The minimum atomic E-state index is 0.422. The lowest BCUT2D eigenvalue weighted by molar-refractivity contribution is 0.382. The van der Waals surface area contributed by atoms with Crippen molar-refractivity contribution >= 4 is 5.69 Å². The summed E-state index contributed by atoms with van der Waals surface area (Å²) in [5, 5.41) is 12.2. The summed E-state index contributed by atoms with van der Waals surface area (Å²) in [5.74, 6) is 0.845. The number of anilines is 1. The van der Waals surface area contributed by atoms with Crippen LogP contribution in [0.15, 0.2) is 18.2 Å². The minimum absolute atomic E-state index is 0.422. The molecule has 100 valence electrons. The van der Waals surface area contributed by atoms with E-state index in [1.165, 1.54) is 19.3 Å². The molecule has 0 aliphatic heterocycles. The predicted molar refractivity (Wildman–Crippen MR) is 74.4 cm³/mol. The maximum absolute atomic E-state index is 5.79. The Balaban J connectivity index is 1.95. The molecule has 0 atom stereocenters. The Labute approximate surface area is 112 Å². The number of nitrogens with two attached hydrogens (primary N) is 1. The zero-order valence-corrected chi connectivity index (χ0v) is 11.4. The molecule has 0 radical (unpaired) electrons. The number of benzene rings is 1. The van der Waals surface area contributed by atoms with Crippen molar-refractivity contribution in [3.8, 4) is 11.4 Å². The molecule has 3 rings (SSSR count). The van der Waals surface area contributed by atoms with E-state index in [1.807, 2.05) is 29.8 Å². The van der Waals surface area contributed by atoms with Crippen molar-refractivity contribution in [3.05, 3.63) is 23.8 Å². The normalized spacial score (nSPS) is 16.5. The summed E-state index contributed by atoms with van der Waals surface area (Å²) in [6, 6.07) is 5.85. The monoisotopic (exact) mass is 257 g/mol. The summed E-state index contributed by atoms with van der Waals surface area (Å²) < 4.78 is 1.94. The summed E-state index contributed by atoms with van der Waals surface area (Å²) in [4.78, 5) is 0. The maximum Gasteiger partial charge on any atom is 0.182 e. The second-order valence-corrected chi connectivity index (χ2v) is 5.59. The summed E-state index contributed by atoms with van der Waals surface area (Å²) >= 11 is 0. The van der Waals surface area contributed by atoms with E-state index < -0.39 is 0 Å². The zero-order valence-electron chi connectivity index (χ0n) is 11.4. The van der Waals surface area contributed by atoms with E-state index in [0.717, 1.165) is 29.2 Å². The van der Waals surface area contributed by atoms with E-state index in [1.54, 1.807) is 0 Å². The highest BCUT2D eigenvalue weighted by molar-refractivity contribution is 5.63. The van der Waals surface area contributed by atoms with Crippen molar-refractivity contribution < 1.29 is 0 Å². The van der Waals surface area contributed by atoms with Crippen LogP contribution < -0.4 is 5.73 Å². The van der Waals surface area contributed by atoms with Crippen molar-refractivity contribution in [3.63, 3.8) is 0 Å². The first-order chi connectivity index (χ1) is 9.13. The van der Waals surface area contributed by atoms with E-state index in [4.69, 9.17) is 5.73 Å². The van der Waals surface area contributed by atoms with E-state index in [-0.39, 0.29) is 0 Å². The van der Waals surface area contributed by atoms with Gasteiger partial charge in [-0.1, -0.05) is 6.92 Å². The van der Waals surface area contributed by atoms with Gasteiger partial charge in [-0.3, -0.25) is 0 Å². The molecule has 1 heterocycles. The molecule has 1 aromatic carbocycles. The second-order valence-electron chi connectivity index (χ2n) is 5.59. The van der Waals surface area contributed by atoms with Crippen LogP contribution in [-0.4, -0.2) is 20.2 Å². The molecular weight excluding hydrogens is 238 g/mol. The Morgan fingerprint density at radius 1 is 1.37 bits per heavy atom. The first-order valence-corrected chi connectivity index (χ1v) is 6.76. The Hall–Kier alpha value is -1.91. The molecule has 0 bridgehead atoms. The van der Waals surface area contributed by atoms with E-state index in [9.17, 15) is 0 Å². The number of aromatic nitrogens is 4. The fourth-order valence-electron chi connectivity index (χ4n) is 2.56. The number of hydrogen-bond donors (Lipinski definition) is 1. The van der Waals surface area contributed by atoms with Crippen LogP contribution in [0.1, 0.15) is 31.7 Å². The van der Waals surface area contributed by atoms with Crippen LogP contribution in [0.3, 0.4) is 0 Å². The third-order valence-electron chi connectivity index (χ3n) is 4.22. The number of nitrogen functional groups attached to an aromatic ring is 1. The number of aryl methyl sites for hydroxylation is 1. The van der Waals surface area contributed by atoms with Gasteiger partial charge < -0.3 is 5.73 Å². The molecule has 1 aromatic heterocycles. The highest BCUT2D eigenvalue weighted by atomic mass is 15.5. The first-order valence-electron chi connectivity index (χ1n) is 6.76. The summed E-state index contributed by atoms with van der Waals surface area (Å²) in [6.45, 7) is 5.19. The van der Waals surface area contributed by atoms with Gasteiger partial charge in [-0.05, 0) is 65.8 Å². The van der Waals surface area contributed by atoms with Crippen molar-refractivity contribution in [2.45, 2.75) is 39.7 Å². The number of tetrazole rings is 1. The predicted octanol–water partition coefficient (Wildman–Crippen LogP) is 2.42. The van der Waals surface area contributed by atoms with Gasteiger partial charge in [0.2, 0.25) is 0 Å². The summed E-state index contributed by atoms with van der Waals surface area (Å²) in [6.07, 6.45) is 3.75. The van der Waals surface area contributed by atoms with E-state index >= 15 is 0 Å². The van der Waals surface area contributed by atoms with Crippen LogP contribution in [0.25, 0.3) is 11.4 Å². The zero-order chi connectivity index (χ0) is 13.5. The average Bonchev–Trinajstić information content (AvgIpc) is 3.01. The fourth-order valence-corrected chi connectivity index (χ4v) is 2.56. The van der Waals surface area contributed by atoms with Gasteiger partial charge in [0.05, 0.1) is 6.54 Å². The summed E-state index contributed by atoms with van der Waals surface area (Å²) in [5.41, 5.74) is 9.16. The van der Waals surface area contributed by atoms with Crippen molar-refractivity contribution in [2.75, 3.05) is 5.73 Å². The van der Waals surface area contributed by atoms with Crippen LogP contribution >= 0.6 is 0 Å². The van der Waals surface area contributed by atoms with Gasteiger partial charge in [-0.2, -0.15) is 0 Å². The van der Waals surface area contributed by atoms with Crippen molar-refractivity contribution in [1.29, 1.82) is 0 Å². The molecule has 1 aliphatic carbocycles. The van der Waals surface area contributed by atoms with E-state index in [0.29, 0.717) is 5.41 Å². The highest BCUT2D eigenvalue weighted by Crippen LogP contribution is 2.50. The minimum Gasteiger partial charge on any atom is -0.399 e. The van der Waals surface area contributed by atoms with Crippen molar-refractivity contribution in [1.82, 2.24) is 20.2 Å². The molecule has 0 amide bonds. The van der Waals surface area contributed by atoms with Gasteiger partial charge in [0.25, 0.3) is 0 Å². The topological polar surface area (TPSA) is 69.6 Å². The molecule has 1 saturated carbocycles. The van der Waals surface area contributed by atoms with E-state index in [2.05, 4.69) is 22.4 Å². The number of rotatable bonds is 4. The lowest BCUT2D eigenvalue weighted by Gasteiger charge is -2.13. The molecule has 0 spiro atoms. The van der Waals surface area contributed by atoms with Crippen molar-refractivity contribution in [2.24, 2.45) is 5.41 Å². The molecule has 2 N–H and O–H groups in total. The van der Waals surface area contributed by atoms with Gasteiger partial charge in [-0.15, -0.1) is 5.10 Å². The standard InChI is InChI=1S/C14H19N5/c1-3-14(6-7-14)9-19-13(16-17-18-19)12-5-4-11(15)8-10(12)2/h4-5,8H,3,6-7,9,15H2,1-2H3. The third-order valence-corrected chi connectivity index (χ3v) is 4.22. The molecule has 0 saturated heterocycles. The van der Waals surface area contributed by atoms with Crippen LogP contribution in [0, 0.1) is 12.3 Å². The van der Waals surface area contributed by atoms with Crippen LogP contribution in [0.5, 0.6) is 0 Å². The Kier molecular flexibility index (Phi) is 2.77. The van der Waals surface area contributed by atoms with Gasteiger partial charge in [0.15, 0.2) is 5.82 Å². The Bertz CT molecular complexity index is 598. The van der Waals surface area contributed by atoms with Crippen LogP contribution in [0.4, 0.5) is 5.69 Å². The fraction of sp³-hybridized carbons (Fsp3) is 0.500. The SMILES string of the molecule is CCC1(Cn2nnnc2-c2ccc(N)cc2C)CC1. The molecule has 2 aromatic rings. The van der Waals surface area contributed by atoms with Gasteiger partial charge >= 0.3 is 0 Å². The number of hydrogen-bond acceptors (Lipinski definition) is 4. The van der Waals surface area contributed by atoms with Gasteiger partial charge in [-0.25, -0.2) is 4.68 Å². The molecule has 5 heteroatoms. The smallest absolute Gasteiger partial charge is 0.182 e. The molecule has 5 nitrogen and oxygen atoms in total. The maximum atomic E-state index is 5.79. The Morgan fingerprint density at radius 3 is 2.79 bits per heavy atom. The average molecular weight is 257 g/mol. The molecular formula is C14H19N5. The lowest BCUT2D eigenvalue weighted by atomic mass is 10.0. The van der Waals surface area contributed by atoms with Crippen LogP contribution in [0.2, 0.25) is 0 Å². The lowest BCUT2D eigenvalue weighted by Crippen LogP contribution is -2.13. The Morgan fingerprint density at radius 2 is 2.16 bits per heavy atom. The first kappa shape index (κ1) is 12.1. The largest absolute Gasteiger partial charge is 0.399 e. The third kappa shape index (κ3) is 2.20. The summed E-state index contributed by atoms with van der Waals surface area (Å²) in [7, 11) is 0. The molecule has 1 aliphatic rings. The second kappa shape index (κ2) is 4.33. The molecule has 1 fully saturated rings. The molecule has 19 heavy (non-hydrogen) atoms.